The lowest BCUT2D eigenvalue weighted by atomic mass is 10.4. The van der Waals surface area contributed by atoms with Gasteiger partial charge in [0.05, 0.1) is 17.4 Å². The topological polar surface area (TPSA) is 77.2 Å². The van der Waals surface area contributed by atoms with E-state index in [2.05, 4.69) is 19.9 Å². The molecule has 1 fully saturated rings. The Hall–Kier alpha value is -1.38. The quantitative estimate of drug-likeness (QED) is 0.919. The molecule has 1 aliphatic rings. The number of ether oxygens (including phenoxy) is 1. The van der Waals surface area contributed by atoms with Crippen molar-refractivity contribution in [1.82, 2.24) is 15.0 Å². The molecule has 0 radical (unpaired) electrons. The van der Waals surface area contributed by atoms with Crippen LogP contribution in [-0.4, -0.2) is 41.3 Å². The fourth-order valence-corrected chi connectivity index (χ4v) is 3.35. The highest BCUT2D eigenvalue weighted by molar-refractivity contribution is 8.01. The zero-order valence-corrected chi connectivity index (χ0v) is 11.8. The van der Waals surface area contributed by atoms with E-state index in [1.165, 1.54) is 11.8 Å². The average molecular weight is 295 g/mol. The maximum absolute atomic E-state index is 5.76. The van der Waals surface area contributed by atoms with Gasteiger partial charge in [0.2, 0.25) is 11.9 Å². The average Bonchev–Trinajstić information content (AvgIpc) is 2.92. The number of nitrogen functional groups attached to an aromatic ring is 1. The number of anilines is 2. The number of rotatable bonds is 3. The van der Waals surface area contributed by atoms with E-state index in [1.54, 1.807) is 11.3 Å². The van der Waals surface area contributed by atoms with E-state index in [0.717, 1.165) is 17.3 Å². The second-order valence-corrected chi connectivity index (χ2v) is 6.12. The van der Waals surface area contributed by atoms with Gasteiger partial charge in [0, 0.05) is 13.1 Å². The van der Waals surface area contributed by atoms with Crippen molar-refractivity contribution >= 4 is 35.0 Å². The Morgan fingerprint density at radius 3 is 2.84 bits per heavy atom. The lowest BCUT2D eigenvalue weighted by Crippen LogP contribution is -2.37. The molecule has 0 bridgehead atoms. The highest BCUT2D eigenvalue weighted by Crippen LogP contribution is 2.29. The molecule has 2 N–H and O–H groups in total. The second kappa shape index (κ2) is 5.72. The van der Waals surface area contributed by atoms with Gasteiger partial charge in [-0.2, -0.15) is 15.0 Å². The van der Waals surface area contributed by atoms with Crippen LogP contribution in [0.5, 0.6) is 0 Å². The third-order valence-corrected chi connectivity index (χ3v) is 4.50. The van der Waals surface area contributed by atoms with Crippen molar-refractivity contribution in [3.63, 3.8) is 0 Å². The maximum atomic E-state index is 5.76. The van der Waals surface area contributed by atoms with E-state index in [4.69, 9.17) is 10.5 Å². The third kappa shape index (κ3) is 3.14. The van der Waals surface area contributed by atoms with E-state index in [-0.39, 0.29) is 5.95 Å². The zero-order valence-electron chi connectivity index (χ0n) is 10.2. The maximum Gasteiger partial charge on any atom is 0.231 e. The molecule has 0 atom stereocenters. The molecule has 1 saturated heterocycles. The van der Waals surface area contributed by atoms with E-state index < -0.39 is 0 Å². The summed E-state index contributed by atoms with van der Waals surface area (Å²) in [4.78, 5) is 14.9. The van der Waals surface area contributed by atoms with E-state index in [9.17, 15) is 0 Å². The molecule has 0 aromatic carbocycles. The normalized spacial score (nSPS) is 15.7. The van der Waals surface area contributed by atoms with Crippen molar-refractivity contribution < 1.29 is 4.74 Å². The molecule has 6 nitrogen and oxygen atoms in total. The van der Waals surface area contributed by atoms with Crippen molar-refractivity contribution in [1.29, 1.82) is 0 Å². The lowest BCUT2D eigenvalue weighted by Gasteiger charge is -2.26. The molecule has 2 aromatic rings. The van der Waals surface area contributed by atoms with Gasteiger partial charge in [-0.3, -0.25) is 0 Å². The van der Waals surface area contributed by atoms with Crippen LogP contribution in [0.2, 0.25) is 0 Å². The highest BCUT2D eigenvalue weighted by atomic mass is 32.2. The summed E-state index contributed by atoms with van der Waals surface area (Å²) in [7, 11) is 0. The molecule has 8 heteroatoms. The van der Waals surface area contributed by atoms with Crippen LogP contribution in [0.4, 0.5) is 11.9 Å². The molecular formula is C11H13N5OS2. The molecule has 19 heavy (non-hydrogen) atoms. The van der Waals surface area contributed by atoms with Crippen molar-refractivity contribution in [3.05, 3.63) is 17.5 Å². The standard InChI is InChI=1S/C11H13N5OS2/c12-9-13-10(16-3-5-17-6-4-16)15-11(14-9)19-8-2-1-7-18-8/h1-2,7H,3-6H2,(H2,12,13,14,15). The Morgan fingerprint density at radius 2 is 2.11 bits per heavy atom. The van der Waals surface area contributed by atoms with Crippen molar-refractivity contribution in [2.75, 3.05) is 36.9 Å². The van der Waals surface area contributed by atoms with Crippen LogP contribution in [-0.2, 0) is 4.74 Å². The summed E-state index contributed by atoms with van der Waals surface area (Å²) in [6, 6.07) is 4.03. The summed E-state index contributed by atoms with van der Waals surface area (Å²) in [5.41, 5.74) is 5.76. The molecule has 0 saturated carbocycles. The monoisotopic (exact) mass is 295 g/mol. The first-order valence-electron chi connectivity index (χ1n) is 5.87. The second-order valence-electron chi connectivity index (χ2n) is 3.91. The zero-order chi connectivity index (χ0) is 13.1. The van der Waals surface area contributed by atoms with Gasteiger partial charge >= 0.3 is 0 Å². The minimum absolute atomic E-state index is 0.260. The number of nitrogens with zero attached hydrogens (tertiary/aromatic N) is 4. The van der Waals surface area contributed by atoms with Gasteiger partial charge in [-0.15, -0.1) is 11.3 Å². The van der Waals surface area contributed by atoms with Gasteiger partial charge in [0.15, 0.2) is 5.16 Å². The van der Waals surface area contributed by atoms with Crippen LogP contribution >= 0.6 is 23.1 Å². The molecule has 100 valence electrons. The Labute approximate surface area is 119 Å². The SMILES string of the molecule is Nc1nc(Sc2cccs2)nc(N2CCOCC2)n1. The van der Waals surface area contributed by atoms with E-state index >= 15 is 0 Å². The minimum atomic E-state index is 0.260. The van der Waals surface area contributed by atoms with Gasteiger partial charge in [-0.1, -0.05) is 6.07 Å². The Morgan fingerprint density at radius 1 is 1.26 bits per heavy atom. The summed E-state index contributed by atoms with van der Waals surface area (Å²) in [6.07, 6.45) is 0. The summed E-state index contributed by atoms with van der Waals surface area (Å²) < 4.78 is 6.46. The largest absolute Gasteiger partial charge is 0.378 e. The van der Waals surface area contributed by atoms with Gasteiger partial charge in [-0.25, -0.2) is 0 Å². The first-order valence-corrected chi connectivity index (χ1v) is 7.56. The van der Waals surface area contributed by atoms with Gasteiger partial charge in [0.1, 0.15) is 0 Å². The highest BCUT2D eigenvalue weighted by Gasteiger charge is 2.16. The number of nitrogens with two attached hydrogens (primary N) is 1. The van der Waals surface area contributed by atoms with Gasteiger partial charge < -0.3 is 15.4 Å². The Kier molecular flexibility index (Phi) is 3.81. The number of aromatic nitrogens is 3. The van der Waals surface area contributed by atoms with E-state index in [0.29, 0.717) is 24.3 Å². The van der Waals surface area contributed by atoms with Crippen LogP contribution in [0.15, 0.2) is 26.9 Å². The predicted molar refractivity (Wildman–Crippen MR) is 75.7 cm³/mol. The molecule has 1 aliphatic heterocycles. The first kappa shape index (κ1) is 12.6. The van der Waals surface area contributed by atoms with Crippen molar-refractivity contribution in [2.45, 2.75) is 9.37 Å². The van der Waals surface area contributed by atoms with E-state index in [1.807, 2.05) is 17.5 Å². The summed E-state index contributed by atoms with van der Waals surface area (Å²) in [5, 5.41) is 2.66. The molecule has 2 aromatic heterocycles. The molecule has 3 rings (SSSR count). The third-order valence-electron chi connectivity index (χ3n) is 2.60. The molecular weight excluding hydrogens is 282 g/mol. The molecule has 0 aliphatic carbocycles. The van der Waals surface area contributed by atoms with Crippen LogP contribution in [0.1, 0.15) is 0 Å². The minimum Gasteiger partial charge on any atom is -0.378 e. The van der Waals surface area contributed by atoms with Crippen molar-refractivity contribution in [3.8, 4) is 0 Å². The number of morpholine rings is 1. The fraction of sp³-hybridized carbons (Fsp3) is 0.364. The smallest absolute Gasteiger partial charge is 0.231 e. The summed E-state index contributed by atoms with van der Waals surface area (Å²) in [5.74, 6) is 0.894. The van der Waals surface area contributed by atoms with Crippen LogP contribution in [0, 0.1) is 0 Å². The predicted octanol–water partition coefficient (Wildman–Crippen LogP) is 1.50. The number of hydrogen-bond acceptors (Lipinski definition) is 8. The lowest BCUT2D eigenvalue weighted by molar-refractivity contribution is 0.122. The molecule has 0 spiro atoms. The van der Waals surface area contributed by atoms with Crippen molar-refractivity contribution in [2.24, 2.45) is 0 Å². The number of thiophene rings is 1. The summed E-state index contributed by atoms with van der Waals surface area (Å²) in [6.45, 7) is 2.96. The molecule has 3 heterocycles. The Bertz CT molecular complexity index is 542. The summed E-state index contributed by atoms with van der Waals surface area (Å²) >= 11 is 3.16. The number of hydrogen-bond donors (Lipinski definition) is 1. The fourth-order valence-electron chi connectivity index (χ4n) is 1.72. The Balaban J connectivity index is 1.82. The molecule has 0 unspecified atom stereocenters. The van der Waals surface area contributed by atoms with Crippen LogP contribution in [0.3, 0.4) is 0 Å². The van der Waals surface area contributed by atoms with Crippen LogP contribution < -0.4 is 10.6 Å². The van der Waals surface area contributed by atoms with Gasteiger partial charge in [0.25, 0.3) is 0 Å². The van der Waals surface area contributed by atoms with Gasteiger partial charge in [-0.05, 0) is 23.2 Å². The van der Waals surface area contributed by atoms with Crippen LogP contribution in [0.25, 0.3) is 0 Å². The first-order chi connectivity index (χ1) is 9.31. The molecule has 0 amide bonds.